The summed E-state index contributed by atoms with van der Waals surface area (Å²) in [5.74, 6) is -0.690. The molecule has 1 aromatic carbocycles. The molecule has 1 amide bonds. The first-order valence-corrected chi connectivity index (χ1v) is 7.38. The van der Waals surface area contributed by atoms with Gasteiger partial charge in [-0.05, 0) is 23.8 Å². The van der Waals surface area contributed by atoms with Gasteiger partial charge in [0.1, 0.15) is 5.82 Å². The smallest absolute Gasteiger partial charge is 0.247 e. The minimum Gasteiger partial charge on any atom is -0.481 e. The van der Waals surface area contributed by atoms with Crippen molar-refractivity contribution in [1.82, 2.24) is 15.4 Å². The highest BCUT2D eigenvalue weighted by atomic mass is 19.1. The summed E-state index contributed by atoms with van der Waals surface area (Å²) in [7, 11) is 1.52. The number of nitrogens with zero attached hydrogens (tertiary/aromatic N) is 2. The molecule has 0 bridgehead atoms. The lowest BCUT2D eigenvalue weighted by atomic mass is 10.1. The first-order chi connectivity index (χ1) is 12.1. The third kappa shape index (κ3) is 3.64. The largest absolute Gasteiger partial charge is 0.481 e. The number of aromatic nitrogens is 2. The zero-order valence-electron chi connectivity index (χ0n) is 13.3. The first kappa shape index (κ1) is 16.6. The lowest BCUT2D eigenvalue weighted by Gasteiger charge is -2.11. The Hall–Kier alpha value is -3.26. The van der Waals surface area contributed by atoms with Gasteiger partial charge in [-0.25, -0.2) is 14.9 Å². The van der Waals surface area contributed by atoms with Gasteiger partial charge in [0.25, 0.3) is 0 Å². The summed E-state index contributed by atoms with van der Waals surface area (Å²) in [6.45, 7) is 0. The molecule has 25 heavy (non-hydrogen) atoms. The molecule has 0 radical (unpaired) electrons. The number of carbonyl (C=O) groups excluding carboxylic acids is 1. The minimum atomic E-state index is -0.611. The van der Waals surface area contributed by atoms with Gasteiger partial charge in [0, 0.05) is 23.8 Å². The summed E-state index contributed by atoms with van der Waals surface area (Å²) in [4.78, 5) is 19.5. The average Bonchev–Trinajstić information content (AvgIpc) is 2.63. The Balaban J connectivity index is 1.89. The molecule has 0 aliphatic carbocycles. The van der Waals surface area contributed by atoms with Crippen LogP contribution in [0.5, 0.6) is 5.88 Å². The molecule has 0 spiro atoms. The highest BCUT2D eigenvalue weighted by Crippen LogP contribution is 2.28. The molecule has 8 heteroatoms. The second-order valence-corrected chi connectivity index (χ2v) is 5.25. The van der Waals surface area contributed by atoms with Crippen LogP contribution in [-0.4, -0.2) is 28.2 Å². The van der Waals surface area contributed by atoms with Crippen LogP contribution in [0.2, 0.25) is 0 Å². The zero-order valence-corrected chi connectivity index (χ0v) is 13.3. The van der Waals surface area contributed by atoms with Crippen molar-refractivity contribution in [3.8, 4) is 5.88 Å². The second kappa shape index (κ2) is 7.10. The van der Waals surface area contributed by atoms with Gasteiger partial charge in [-0.3, -0.25) is 15.0 Å². The van der Waals surface area contributed by atoms with Crippen molar-refractivity contribution in [2.45, 2.75) is 6.42 Å². The Morgan fingerprint density at radius 1 is 1.24 bits per heavy atom. The fourth-order valence-electron chi connectivity index (χ4n) is 2.38. The van der Waals surface area contributed by atoms with Crippen LogP contribution < -0.4 is 15.5 Å². The molecule has 7 nitrogen and oxygen atoms in total. The van der Waals surface area contributed by atoms with Crippen molar-refractivity contribution < 1.29 is 19.1 Å². The summed E-state index contributed by atoms with van der Waals surface area (Å²) in [5, 5.41) is 12.2. The zero-order chi connectivity index (χ0) is 17.8. The van der Waals surface area contributed by atoms with Crippen molar-refractivity contribution in [1.29, 1.82) is 0 Å². The second-order valence-electron chi connectivity index (χ2n) is 5.25. The quantitative estimate of drug-likeness (QED) is 0.487. The van der Waals surface area contributed by atoms with Crippen LogP contribution in [0, 0.1) is 5.82 Å². The van der Waals surface area contributed by atoms with Crippen molar-refractivity contribution in [2.24, 2.45) is 0 Å². The number of halogens is 1. The fraction of sp³-hybridized carbons (Fsp3) is 0.118. The number of rotatable bonds is 5. The number of anilines is 2. The Labute approximate surface area is 142 Å². The van der Waals surface area contributed by atoms with E-state index < -0.39 is 11.7 Å². The molecule has 0 aliphatic heterocycles. The maximum absolute atomic E-state index is 14.3. The van der Waals surface area contributed by atoms with Crippen LogP contribution in [0.15, 0.2) is 42.7 Å². The monoisotopic (exact) mass is 342 g/mol. The number of pyridine rings is 2. The van der Waals surface area contributed by atoms with Gasteiger partial charge in [0.15, 0.2) is 0 Å². The summed E-state index contributed by atoms with van der Waals surface area (Å²) in [6, 6.07) is 7.77. The number of amides is 1. The lowest BCUT2D eigenvalue weighted by Crippen LogP contribution is -2.20. The van der Waals surface area contributed by atoms with Gasteiger partial charge in [-0.1, -0.05) is 6.07 Å². The van der Waals surface area contributed by atoms with Crippen LogP contribution in [-0.2, 0) is 11.2 Å². The number of carbonyl (C=O) groups is 1. The molecule has 0 atom stereocenters. The fourth-order valence-corrected chi connectivity index (χ4v) is 2.38. The molecule has 2 heterocycles. The van der Waals surface area contributed by atoms with E-state index in [1.807, 2.05) is 0 Å². The molecule has 0 saturated carbocycles. The normalized spacial score (nSPS) is 10.5. The molecule has 0 saturated heterocycles. The first-order valence-electron chi connectivity index (χ1n) is 7.38. The Morgan fingerprint density at radius 3 is 2.80 bits per heavy atom. The van der Waals surface area contributed by atoms with Gasteiger partial charge < -0.3 is 10.1 Å². The highest BCUT2D eigenvalue weighted by molar-refractivity contribution is 5.92. The van der Waals surface area contributed by atoms with Gasteiger partial charge >= 0.3 is 0 Å². The van der Waals surface area contributed by atoms with E-state index in [9.17, 15) is 9.18 Å². The molecule has 0 aliphatic rings. The van der Waals surface area contributed by atoms with E-state index in [2.05, 4.69) is 15.3 Å². The topological polar surface area (TPSA) is 96.4 Å². The number of benzene rings is 1. The van der Waals surface area contributed by atoms with Gasteiger partial charge in [-0.2, -0.15) is 0 Å². The van der Waals surface area contributed by atoms with E-state index in [4.69, 9.17) is 9.94 Å². The molecule has 2 aromatic heterocycles. The van der Waals surface area contributed by atoms with Crippen LogP contribution in [0.25, 0.3) is 10.9 Å². The SMILES string of the molecule is COc1cc2nccc(Nc3ccc(CC(=O)NO)cc3F)c2cn1. The van der Waals surface area contributed by atoms with Crippen molar-refractivity contribution in [3.05, 3.63) is 54.1 Å². The van der Waals surface area contributed by atoms with Crippen LogP contribution in [0.1, 0.15) is 5.56 Å². The molecule has 0 unspecified atom stereocenters. The van der Waals surface area contributed by atoms with E-state index >= 15 is 0 Å². The predicted molar refractivity (Wildman–Crippen MR) is 89.4 cm³/mol. The third-order valence-electron chi connectivity index (χ3n) is 3.60. The Morgan fingerprint density at radius 2 is 2.08 bits per heavy atom. The van der Waals surface area contributed by atoms with Gasteiger partial charge in [0.05, 0.1) is 30.4 Å². The van der Waals surface area contributed by atoms with Crippen LogP contribution >= 0.6 is 0 Å². The standard InChI is InChI=1S/C17H15FN4O3/c1-25-17-8-15-11(9-20-17)13(4-5-19-15)21-14-3-2-10(6-12(14)18)7-16(23)22-24/h2-6,8-9,24H,7H2,1H3,(H,19,21)(H,22,23). The molecule has 3 aromatic rings. The van der Waals surface area contributed by atoms with E-state index in [1.54, 1.807) is 30.6 Å². The molecular formula is C17H15FN4O3. The summed E-state index contributed by atoms with van der Waals surface area (Å²) in [5.41, 5.74) is 3.51. The van der Waals surface area contributed by atoms with E-state index in [1.165, 1.54) is 24.7 Å². The van der Waals surface area contributed by atoms with Crippen LogP contribution in [0.4, 0.5) is 15.8 Å². The maximum Gasteiger partial charge on any atom is 0.247 e. The molecule has 0 fully saturated rings. The number of fused-ring (bicyclic) bond motifs is 1. The summed E-state index contributed by atoms with van der Waals surface area (Å²) >= 11 is 0. The number of ether oxygens (including phenoxy) is 1. The lowest BCUT2D eigenvalue weighted by molar-refractivity contribution is -0.128. The third-order valence-corrected chi connectivity index (χ3v) is 3.60. The van der Waals surface area contributed by atoms with E-state index in [-0.39, 0.29) is 12.1 Å². The van der Waals surface area contributed by atoms with Crippen molar-refractivity contribution >= 4 is 28.2 Å². The van der Waals surface area contributed by atoms with Crippen molar-refractivity contribution in [2.75, 3.05) is 12.4 Å². The van der Waals surface area contributed by atoms with Crippen molar-refractivity contribution in [3.63, 3.8) is 0 Å². The predicted octanol–water partition coefficient (Wildman–Crippen LogP) is 2.57. The molecule has 3 rings (SSSR count). The number of methoxy groups -OCH3 is 1. The average molecular weight is 342 g/mol. The number of nitrogens with one attached hydrogen (secondary N) is 2. The minimum absolute atomic E-state index is 0.115. The van der Waals surface area contributed by atoms with E-state index in [0.717, 1.165) is 0 Å². The van der Waals surface area contributed by atoms with Gasteiger partial charge in [0.2, 0.25) is 11.8 Å². The summed E-state index contributed by atoms with van der Waals surface area (Å²) < 4.78 is 19.4. The van der Waals surface area contributed by atoms with Crippen LogP contribution in [0.3, 0.4) is 0 Å². The highest BCUT2D eigenvalue weighted by Gasteiger charge is 2.10. The molecule has 128 valence electrons. The molecule has 3 N–H and O–H groups in total. The Bertz CT molecular complexity index is 933. The Kier molecular flexibility index (Phi) is 4.71. The maximum atomic E-state index is 14.3. The number of hydrogen-bond acceptors (Lipinski definition) is 6. The molecular weight excluding hydrogens is 327 g/mol. The number of hydrogen-bond donors (Lipinski definition) is 3. The van der Waals surface area contributed by atoms with E-state index in [0.29, 0.717) is 28.0 Å². The summed E-state index contributed by atoms with van der Waals surface area (Å²) in [6.07, 6.45) is 3.08. The van der Waals surface area contributed by atoms with Gasteiger partial charge in [-0.15, -0.1) is 0 Å². The number of hydroxylamine groups is 1.